The molecule has 0 amide bonds. The van der Waals surface area contributed by atoms with Crippen LogP contribution in [0, 0.1) is 6.92 Å². The number of hydrogen-bond acceptors (Lipinski definition) is 6. The minimum Gasteiger partial charge on any atom is -0.496 e. The predicted molar refractivity (Wildman–Crippen MR) is 110 cm³/mol. The van der Waals surface area contributed by atoms with Gasteiger partial charge in [-0.15, -0.1) is 0 Å². The van der Waals surface area contributed by atoms with Gasteiger partial charge in [-0.05, 0) is 46.1 Å². The van der Waals surface area contributed by atoms with Gasteiger partial charge >= 0.3 is 11.9 Å². The highest BCUT2D eigenvalue weighted by atomic mass is 16.5. The van der Waals surface area contributed by atoms with E-state index in [0.717, 1.165) is 22.3 Å². The Bertz CT molecular complexity index is 819. The lowest BCUT2D eigenvalue weighted by Gasteiger charge is -2.19. The third-order valence-electron chi connectivity index (χ3n) is 4.72. The summed E-state index contributed by atoms with van der Waals surface area (Å²) in [4.78, 5) is 24.1. The van der Waals surface area contributed by atoms with Crippen molar-refractivity contribution in [3.05, 3.63) is 46.6 Å². The smallest absolute Gasteiger partial charge is 0.342 e. The van der Waals surface area contributed by atoms with E-state index in [0.29, 0.717) is 36.3 Å². The molecule has 0 atom stereocenters. The summed E-state index contributed by atoms with van der Waals surface area (Å²) in [5.41, 5.74) is 3.97. The second-order valence-corrected chi connectivity index (χ2v) is 7.29. The average molecular weight is 402 g/mol. The number of ether oxygens (including phenoxy) is 4. The van der Waals surface area contributed by atoms with Crippen LogP contribution in [0.2, 0.25) is 0 Å². The Morgan fingerprint density at radius 2 is 2.00 bits per heavy atom. The van der Waals surface area contributed by atoms with Gasteiger partial charge in [0.1, 0.15) is 30.3 Å². The van der Waals surface area contributed by atoms with E-state index in [2.05, 4.69) is 6.58 Å². The number of carbonyl (C=O) groups excluding carboxylic acids is 2. The fourth-order valence-electron chi connectivity index (χ4n) is 3.31. The number of cyclic esters (lactones) is 1. The number of fused-ring (bicyclic) bond motifs is 1. The molecule has 0 fully saturated rings. The highest BCUT2D eigenvalue weighted by Gasteiger charge is 2.32. The SMILES string of the molecule is C=CCOc1c(C/C=C(\C)CCC(=O)OC(C)C)c(OC)c(C)c2c1C(=O)OC2. The number of benzene rings is 1. The Hall–Kier alpha value is -2.76. The van der Waals surface area contributed by atoms with Crippen LogP contribution >= 0.6 is 0 Å². The van der Waals surface area contributed by atoms with Gasteiger partial charge in [0.15, 0.2) is 0 Å². The highest BCUT2D eigenvalue weighted by Crippen LogP contribution is 2.42. The fraction of sp³-hybridized carbons (Fsp3) is 0.478. The molecule has 0 aliphatic carbocycles. The van der Waals surface area contributed by atoms with Crippen LogP contribution in [0.3, 0.4) is 0 Å². The maximum Gasteiger partial charge on any atom is 0.342 e. The van der Waals surface area contributed by atoms with Crippen LogP contribution in [0.5, 0.6) is 11.5 Å². The first-order valence-corrected chi connectivity index (χ1v) is 9.78. The first kappa shape index (κ1) is 22.5. The molecule has 1 aromatic rings. The second-order valence-electron chi connectivity index (χ2n) is 7.29. The van der Waals surface area contributed by atoms with Crippen molar-refractivity contribution in [3.63, 3.8) is 0 Å². The lowest BCUT2D eigenvalue weighted by Crippen LogP contribution is -2.11. The first-order valence-electron chi connectivity index (χ1n) is 9.78. The predicted octanol–water partition coefficient (Wildman–Crippen LogP) is 4.46. The Morgan fingerprint density at radius 1 is 1.28 bits per heavy atom. The Morgan fingerprint density at radius 3 is 2.62 bits per heavy atom. The Labute approximate surface area is 172 Å². The van der Waals surface area contributed by atoms with Crippen molar-refractivity contribution in [3.8, 4) is 11.5 Å². The second kappa shape index (κ2) is 10.1. The fourth-order valence-corrected chi connectivity index (χ4v) is 3.31. The summed E-state index contributed by atoms with van der Waals surface area (Å²) >= 11 is 0. The number of allylic oxidation sites excluding steroid dienone is 2. The van der Waals surface area contributed by atoms with Gasteiger partial charge in [0.05, 0.1) is 13.2 Å². The van der Waals surface area contributed by atoms with Crippen molar-refractivity contribution >= 4 is 11.9 Å². The van der Waals surface area contributed by atoms with E-state index in [9.17, 15) is 9.59 Å². The maximum absolute atomic E-state index is 12.3. The summed E-state index contributed by atoms with van der Waals surface area (Å²) in [7, 11) is 1.60. The van der Waals surface area contributed by atoms with Crippen LogP contribution in [-0.4, -0.2) is 31.8 Å². The quantitative estimate of drug-likeness (QED) is 0.425. The molecule has 29 heavy (non-hydrogen) atoms. The summed E-state index contributed by atoms with van der Waals surface area (Å²) in [6.45, 7) is 11.7. The number of hydrogen-bond donors (Lipinski definition) is 0. The van der Waals surface area contributed by atoms with Crippen molar-refractivity contribution in [1.29, 1.82) is 0 Å². The molecule has 1 aliphatic rings. The molecule has 1 aromatic carbocycles. The van der Waals surface area contributed by atoms with Crippen LogP contribution in [-0.2, 0) is 27.3 Å². The van der Waals surface area contributed by atoms with Crippen molar-refractivity contribution in [1.82, 2.24) is 0 Å². The molecule has 1 aliphatic heterocycles. The van der Waals surface area contributed by atoms with E-state index in [1.165, 1.54) is 0 Å². The Kier molecular flexibility index (Phi) is 7.88. The third kappa shape index (κ3) is 5.40. The summed E-state index contributed by atoms with van der Waals surface area (Å²) in [6, 6.07) is 0. The lowest BCUT2D eigenvalue weighted by molar-refractivity contribution is -0.147. The normalized spacial score (nSPS) is 13.2. The van der Waals surface area contributed by atoms with Crippen molar-refractivity contribution in [2.45, 2.75) is 59.7 Å². The van der Waals surface area contributed by atoms with E-state index in [1.54, 1.807) is 13.2 Å². The van der Waals surface area contributed by atoms with Crippen molar-refractivity contribution in [2.24, 2.45) is 0 Å². The van der Waals surface area contributed by atoms with Gasteiger partial charge < -0.3 is 18.9 Å². The molecule has 1 heterocycles. The topological polar surface area (TPSA) is 71.1 Å². The molecule has 6 heteroatoms. The van der Waals surface area contributed by atoms with Crippen molar-refractivity contribution in [2.75, 3.05) is 13.7 Å². The molecule has 0 bridgehead atoms. The van der Waals surface area contributed by atoms with E-state index in [4.69, 9.17) is 18.9 Å². The first-order chi connectivity index (χ1) is 13.8. The molecule has 0 aromatic heterocycles. The minimum absolute atomic E-state index is 0.116. The summed E-state index contributed by atoms with van der Waals surface area (Å²) in [5, 5.41) is 0. The van der Waals surface area contributed by atoms with Crippen LogP contribution in [0.25, 0.3) is 0 Å². The summed E-state index contributed by atoms with van der Waals surface area (Å²) in [5.74, 6) is 0.567. The Balaban J connectivity index is 2.32. The van der Waals surface area contributed by atoms with Gasteiger partial charge in [-0.1, -0.05) is 24.3 Å². The van der Waals surface area contributed by atoms with Gasteiger partial charge in [-0.2, -0.15) is 0 Å². The van der Waals surface area contributed by atoms with Crippen LogP contribution < -0.4 is 9.47 Å². The molecule has 0 radical (unpaired) electrons. The minimum atomic E-state index is -0.386. The van der Waals surface area contributed by atoms with Crippen LogP contribution in [0.4, 0.5) is 0 Å². The molecule has 6 nitrogen and oxygen atoms in total. The molecule has 0 saturated heterocycles. The van der Waals surface area contributed by atoms with Crippen LogP contribution in [0.1, 0.15) is 60.7 Å². The molecule has 0 unspecified atom stereocenters. The maximum atomic E-state index is 12.3. The third-order valence-corrected chi connectivity index (χ3v) is 4.72. The van der Waals surface area contributed by atoms with Crippen molar-refractivity contribution < 1.29 is 28.5 Å². The number of methoxy groups -OCH3 is 1. The number of carbonyl (C=O) groups is 2. The summed E-state index contributed by atoms with van der Waals surface area (Å²) in [6.07, 6.45) is 4.96. The number of rotatable bonds is 10. The standard InChI is InChI=1S/C23H30O6/c1-7-12-27-22-17(10-8-15(4)9-11-19(24)29-14(2)3)21(26-6)16(5)18-13-28-23(25)20(18)22/h7-8,14H,1,9-13H2,2-6H3/b15-8+. The average Bonchev–Trinajstić information content (AvgIpc) is 3.05. The largest absolute Gasteiger partial charge is 0.496 e. The molecule has 158 valence electrons. The molecule has 0 spiro atoms. The van der Waals surface area contributed by atoms with E-state index < -0.39 is 0 Å². The zero-order valence-corrected chi connectivity index (χ0v) is 17.9. The molecule has 0 N–H and O–H groups in total. The van der Waals surface area contributed by atoms with E-state index in [1.807, 2.05) is 33.8 Å². The van der Waals surface area contributed by atoms with Gasteiger partial charge in [0.25, 0.3) is 0 Å². The monoisotopic (exact) mass is 402 g/mol. The van der Waals surface area contributed by atoms with Gasteiger partial charge in [0, 0.05) is 17.5 Å². The lowest BCUT2D eigenvalue weighted by atomic mass is 9.94. The van der Waals surface area contributed by atoms with E-state index in [-0.39, 0.29) is 31.3 Å². The summed E-state index contributed by atoms with van der Waals surface area (Å²) < 4.78 is 21.9. The zero-order valence-electron chi connectivity index (χ0n) is 17.9. The van der Waals surface area contributed by atoms with Gasteiger partial charge in [0.2, 0.25) is 0 Å². The number of esters is 2. The zero-order chi connectivity index (χ0) is 21.6. The van der Waals surface area contributed by atoms with Gasteiger partial charge in [-0.25, -0.2) is 4.79 Å². The van der Waals surface area contributed by atoms with Gasteiger partial charge in [-0.3, -0.25) is 4.79 Å². The molecular weight excluding hydrogens is 372 g/mol. The van der Waals surface area contributed by atoms with Crippen LogP contribution in [0.15, 0.2) is 24.3 Å². The molecule has 2 rings (SSSR count). The molecule has 0 saturated carbocycles. The van der Waals surface area contributed by atoms with E-state index >= 15 is 0 Å². The highest BCUT2D eigenvalue weighted by molar-refractivity contribution is 5.98. The molecular formula is C23H30O6.